The molecule has 6 heteroatoms. The molecular formula is C14H21Cl2FN2O. The number of phenols is 1. The number of hydrogen-bond acceptors (Lipinski definition) is 3. The number of nitrogens with zero attached hydrogens (tertiary/aromatic N) is 1. The lowest BCUT2D eigenvalue weighted by molar-refractivity contribution is 0.197. The SMILES string of the molecule is C=C[C@H](c1c(F)ccc(C)c1O)N1CCNCC1.Cl.Cl. The lowest BCUT2D eigenvalue weighted by Gasteiger charge is -2.34. The van der Waals surface area contributed by atoms with Crippen LogP contribution in [0.3, 0.4) is 0 Å². The van der Waals surface area contributed by atoms with Crippen LogP contribution in [0.5, 0.6) is 5.75 Å². The molecule has 2 N–H and O–H groups in total. The maximum absolute atomic E-state index is 14.0. The van der Waals surface area contributed by atoms with Gasteiger partial charge in [-0.3, -0.25) is 4.90 Å². The molecule has 1 aliphatic rings. The topological polar surface area (TPSA) is 35.5 Å². The zero-order valence-corrected chi connectivity index (χ0v) is 13.1. The van der Waals surface area contributed by atoms with Gasteiger partial charge in [-0.25, -0.2) is 4.39 Å². The summed E-state index contributed by atoms with van der Waals surface area (Å²) in [7, 11) is 0. The number of nitrogens with one attached hydrogen (secondary N) is 1. The van der Waals surface area contributed by atoms with E-state index in [4.69, 9.17) is 0 Å². The molecule has 1 atom stereocenters. The van der Waals surface area contributed by atoms with Crippen LogP contribution >= 0.6 is 24.8 Å². The number of benzene rings is 1. The monoisotopic (exact) mass is 322 g/mol. The number of hydrogen-bond donors (Lipinski definition) is 2. The van der Waals surface area contributed by atoms with E-state index in [-0.39, 0.29) is 42.4 Å². The van der Waals surface area contributed by atoms with E-state index in [1.807, 2.05) is 0 Å². The van der Waals surface area contributed by atoms with E-state index in [0.29, 0.717) is 11.1 Å². The van der Waals surface area contributed by atoms with Crippen molar-refractivity contribution in [3.63, 3.8) is 0 Å². The van der Waals surface area contributed by atoms with E-state index >= 15 is 0 Å². The highest BCUT2D eigenvalue weighted by atomic mass is 35.5. The van der Waals surface area contributed by atoms with E-state index in [9.17, 15) is 9.50 Å². The van der Waals surface area contributed by atoms with Crippen molar-refractivity contribution in [1.29, 1.82) is 0 Å². The summed E-state index contributed by atoms with van der Waals surface area (Å²) in [6.45, 7) is 8.95. The minimum atomic E-state index is -0.374. The first-order valence-corrected chi connectivity index (χ1v) is 6.20. The molecule has 1 aliphatic heterocycles. The first kappa shape index (κ1) is 19.2. The third kappa shape index (κ3) is 3.85. The molecule has 0 bridgehead atoms. The van der Waals surface area contributed by atoms with Gasteiger partial charge in [-0.1, -0.05) is 12.1 Å². The Morgan fingerprint density at radius 1 is 1.35 bits per heavy atom. The normalized spacial score (nSPS) is 16.7. The molecular weight excluding hydrogens is 302 g/mol. The molecule has 0 aliphatic carbocycles. The molecule has 0 saturated carbocycles. The molecule has 2 rings (SSSR count). The van der Waals surface area contributed by atoms with E-state index in [2.05, 4.69) is 16.8 Å². The zero-order chi connectivity index (χ0) is 13.1. The van der Waals surface area contributed by atoms with Crippen LogP contribution in [0.2, 0.25) is 0 Å². The first-order valence-electron chi connectivity index (χ1n) is 6.20. The fourth-order valence-corrected chi connectivity index (χ4v) is 2.38. The van der Waals surface area contributed by atoms with Crippen molar-refractivity contribution in [3.05, 3.63) is 41.7 Å². The molecule has 0 spiro atoms. The molecule has 1 aromatic rings. The van der Waals surface area contributed by atoms with Crippen LogP contribution in [0.4, 0.5) is 4.39 Å². The average Bonchev–Trinajstić information content (AvgIpc) is 2.40. The fraction of sp³-hybridized carbons (Fsp3) is 0.429. The van der Waals surface area contributed by atoms with Gasteiger partial charge in [0.05, 0.1) is 11.6 Å². The summed E-state index contributed by atoms with van der Waals surface area (Å²) in [6.07, 6.45) is 1.70. The van der Waals surface area contributed by atoms with Crippen LogP contribution in [0.15, 0.2) is 24.8 Å². The second-order valence-corrected chi connectivity index (χ2v) is 4.59. The number of phenolic OH excluding ortho intramolecular Hbond substituents is 1. The van der Waals surface area contributed by atoms with Gasteiger partial charge in [-0.15, -0.1) is 31.4 Å². The van der Waals surface area contributed by atoms with Crippen molar-refractivity contribution in [1.82, 2.24) is 10.2 Å². The highest BCUT2D eigenvalue weighted by molar-refractivity contribution is 5.85. The van der Waals surface area contributed by atoms with Gasteiger partial charge in [-0.05, 0) is 18.6 Å². The van der Waals surface area contributed by atoms with Gasteiger partial charge in [-0.2, -0.15) is 0 Å². The van der Waals surface area contributed by atoms with E-state index in [0.717, 1.165) is 26.2 Å². The Morgan fingerprint density at radius 3 is 2.50 bits per heavy atom. The maximum atomic E-state index is 14.0. The van der Waals surface area contributed by atoms with Gasteiger partial charge in [0, 0.05) is 26.2 Å². The molecule has 20 heavy (non-hydrogen) atoms. The smallest absolute Gasteiger partial charge is 0.132 e. The number of aromatic hydroxyl groups is 1. The minimum Gasteiger partial charge on any atom is -0.507 e. The third-order valence-corrected chi connectivity index (χ3v) is 3.43. The van der Waals surface area contributed by atoms with Gasteiger partial charge in [0.2, 0.25) is 0 Å². The maximum Gasteiger partial charge on any atom is 0.132 e. The van der Waals surface area contributed by atoms with Crippen LogP contribution in [0.25, 0.3) is 0 Å². The Morgan fingerprint density at radius 2 is 1.95 bits per heavy atom. The molecule has 3 nitrogen and oxygen atoms in total. The molecule has 0 unspecified atom stereocenters. The van der Waals surface area contributed by atoms with E-state index in [1.165, 1.54) is 6.07 Å². The molecule has 1 saturated heterocycles. The van der Waals surface area contributed by atoms with Crippen LogP contribution in [-0.4, -0.2) is 36.2 Å². The molecule has 0 aromatic heterocycles. The third-order valence-electron chi connectivity index (χ3n) is 3.43. The molecule has 1 heterocycles. The fourth-order valence-electron chi connectivity index (χ4n) is 2.38. The molecule has 1 fully saturated rings. The van der Waals surface area contributed by atoms with Crippen molar-refractivity contribution < 1.29 is 9.50 Å². The Bertz CT molecular complexity index is 451. The zero-order valence-electron chi connectivity index (χ0n) is 11.4. The molecule has 114 valence electrons. The van der Waals surface area contributed by atoms with Crippen molar-refractivity contribution in [3.8, 4) is 5.75 Å². The number of aryl methyl sites for hydroxylation is 1. The summed E-state index contributed by atoms with van der Waals surface area (Å²) in [6, 6.07) is 2.72. The summed E-state index contributed by atoms with van der Waals surface area (Å²) in [5.41, 5.74) is 1.03. The molecule has 0 radical (unpaired) electrons. The van der Waals surface area contributed by atoms with Crippen LogP contribution in [0, 0.1) is 12.7 Å². The average molecular weight is 323 g/mol. The van der Waals surface area contributed by atoms with Crippen molar-refractivity contribution in [2.45, 2.75) is 13.0 Å². The summed E-state index contributed by atoms with van der Waals surface area (Å²) >= 11 is 0. The Hall–Kier alpha value is -0.810. The van der Waals surface area contributed by atoms with Gasteiger partial charge in [0.1, 0.15) is 11.6 Å². The summed E-state index contributed by atoms with van der Waals surface area (Å²) in [5.74, 6) is -0.333. The number of piperazine rings is 1. The Kier molecular flexibility index (Phi) is 8.13. The lowest BCUT2D eigenvalue weighted by Crippen LogP contribution is -2.44. The van der Waals surface area contributed by atoms with Crippen LogP contribution in [0.1, 0.15) is 17.2 Å². The van der Waals surface area contributed by atoms with Crippen LogP contribution < -0.4 is 5.32 Å². The standard InChI is InChI=1S/C14H19FN2O.2ClH/c1-3-12(17-8-6-16-7-9-17)13-11(15)5-4-10(2)14(13)18;;/h3-5,12,16,18H,1,6-9H2,2H3;2*1H/t12-;;/m1../s1. The van der Waals surface area contributed by atoms with Gasteiger partial charge < -0.3 is 10.4 Å². The molecule has 1 aromatic carbocycles. The quantitative estimate of drug-likeness (QED) is 0.840. The highest BCUT2D eigenvalue weighted by Gasteiger charge is 2.25. The number of rotatable bonds is 3. The second kappa shape index (κ2) is 8.47. The lowest BCUT2D eigenvalue weighted by atomic mass is 10.00. The minimum absolute atomic E-state index is 0. The van der Waals surface area contributed by atoms with E-state index in [1.54, 1.807) is 19.1 Å². The predicted octanol–water partition coefficient (Wildman–Crippen LogP) is 2.82. The summed E-state index contributed by atoms with van der Waals surface area (Å²) in [4.78, 5) is 2.13. The largest absolute Gasteiger partial charge is 0.507 e. The van der Waals surface area contributed by atoms with Gasteiger partial charge >= 0.3 is 0 Å². The van der Waals surface area contributed by atoms with Gasteiger partial charge in [0.25, 0.3) is 0 Å². The van der Waals surface area contributed by atoms with Crippen LogP contribution in [-0.2, 0) is 0 Å². The Labute approximate surface area is 131 Å². The highest BCUT2D eigenvalue weighted by Crippen LogP contribution is 2.34. The summed E-state index contributed by atoms with van der Waals surface area (Å²) in [5, 5.41) is 13.3. The van der Waals surface area contributed by atoms with Crippen molar-refractivity contribution >= 4 is 24.8 Å². The summed E-state index contributed by atoms with van der Waals surface area (Å²) < 4.78 is 14.0. The number of halogens is 3. The second-order valence-electron chi connectivity index (χ2n) is 4.59. The van der Waals surface area contributed by atoms with Gasteiger partial charge in [0.15, 0.2) is 0 Å². The predicted molar refractivity (Wildman–Crippen MR) is 84.7 cm³/mol. The Balaban J connectivity index is 0.00000180. The van der Waals surface area contributed by atoms with E-state index < -0.39 is 0 Å². The van der Waals surface area contributed by atoms with Crippen molar-refractivity contribution in [2.75, 3.05) is 26.2 Å². The van der Waals surface area contributed by atoms with Crippen molar-refractivity contribution in [2.24, 2.45) is 0 Å². The molecule has 0 amide bonds. The first-order chi connectivity index (χ1) is 8.65.